The van der Waals surface area contributed by atoms with E-state index in [1.165, 1.54) is 42.4 Å². The highest BCUT2D eigenvalue weighted by molar-refractivity contribution is 5.85. The maximum Gasteiger partial charge on any atom is 0.220 e. The van der Waals surface area contributed by atoms with Crippen molar-refractivity contribution in [3.63, 3.8) is 0 Å². The summed E-state index contributed by atoms with van der Waals surface area (Å²) in [6, 6.07) is 7.92. The smallest absolute Gasteiger partial charge is 0.220 e. The van der Waals surface area contributed by atoms with Crippen molar-refractivity contribution in [1.29, 1.82) is 0 Å². The number of hydrogen-bond donors (Lipinski definition) is 2. The van der Waals surface area contributed by atoms with Gasteiger partial charge in [0, 0.05) is 18.5 Å². The van der Waals surface area contributed by atoms with Crippen LogP contribution in [0.15, 0.2) is 18.2 Å². The molecule has 1 aromatic carbocycles. The van der Waals surface area contributed by atoms with E-state index in [4.69, 9.17) is 0 Å². The summed E-state index contributed by atoms with van der Waals surface area (Å²) in [5.41, 5.74) is 3.72. The van der Waals surface area contributed by atoms with Crippen LogP contribution >= 0.6 is 12.4 Å². The Labute approximate surface area is 146 Å². The van der Waals surface area contributed by atoms with Gasteiger partial charge in [0.05, 0.1) is 6.04 Å². The van der Waals surface area contributed by atoms with E-state index in [0.29, 0.717) is 24.4 Å². The average Bonchev–Trinajstić information content (AvgIpc) is 2.76. The number of amides is 1. The first-order chi connectivity index (χ1) is 10.5. The molecule has 0 aromatic heterocycles. The summed E-state index contributed by atoms with van der Waals surface area (Å²) in [7, 11) is 0. The monoisotopic (exact) mass is 336 g/mol. The molecule has 2 aliphatic rings. The first-order valence-electron chi connectivity index (χ1n) is 8.63. The number of nitrogens with one attached hydrogen (secondary N) is 2. The Morgan fingerprint density at radius 1 is 1.17 bits per heavy atom. The first kappa shape index (κ1) is 18.3. The first-order valence-corrected chi connectivity index (χ1v) is 8.63. The summed E-state index contributed by atoms with van der Waals surface area (Å²) in [5.74, 6) is 0.767. The van der Waals surface area contributed by atoms with Gasteiger partial charge in [0.15, 0.2) is 0 Å². The Kier molecular flexibility index (Phi) is 6.10. The molecule has 3 atom stereocenters. The summed E-state index contributed by atoms with van der Waals surface area (Å²) in [6.45, 7) is 6.30. The molecule has 128 valence electrons. The summed E-state index contributed by atoms with van der Waals surface area (Å²) < 4.78 is 0. The van der Waals surface area contributed by atoms with Gasteiger partial charge in [-0.2, -0.15) is 0 Å². The molecule has 2 fully saturated rings. The van der Waals surface area contributed by atoms with Crippen LogP contribution in [0.25, 0.3) is 0 Å². The summed E-state index contributed by atoms with van der Waals surface area (Å²) >= 11 is 0. The van der Waals surface area contributed by atoms with Gasteiger partial charge in [0.2, 0.25) is 5.91 Å². The van der Waals surface area contributed by atoms with Gasteiger partial charge in [-0.15, -0.1) is 12.4 Å². The predicted molar refractivity (Wildman–Crippen MR) is 97.0 cm³/mol. The van der Waals surface area contributed by atoms with Crippen molar-refractivity contribution in [2.45, 2.75) is 71.0 Å². The minimum Gasteiger partial charge on any atom is -0.350 e. The second kappa shape index (κ2) is 7.67. The van der Waals surface area contributed by atoms with Gasteiger partial charge in [0.25, 0.3) is 0 Å². The van der Waals surface area contributed by atoms with Gasteiger partial charge < -0.3 is 10.6 Å². The molecular weight excluding hydrogens is 308 g/mol. The Morgan fingerprint density at radius 2 is 1.74 bits per heavy atom. The van der Waals surface area contributed by atoms with Crippen molar-refractivity contribution in [2.75, 3.05) is 0 Å². The number of carbonyl (C=O) groups excluding carboxylic acids is 1. The van der Waals surface area contributed by atoms with E-state index in [1.807, 2.05) is 0 Å². The fourth-order valence-corrected chi connectivity index (χ4v) is 4.25. The lowest BCUT2D eigenvalue weighted by atomic mass is 9.89. The lowest BCUT2D eigenvalue weighted by Crippen LogP contribution is -2.40. The Balaban J connectivity index is 0.00000192. The molecule has 1 amide bonds. The van der Waals surface area contributed by atoms with Crippen molar-refractivity contribution >= 4 is 18.3 Å². The van der Waals surface area contributed by atoms with Crippen molar-refractivity contribution in [1.82, 2.24) is 10.6 Å². The standard InChI is InChI=1S/C19H28N2O.ClH/c1-12-6-13(2)8-16(7-12)14(3)20-19(22)11-15-9-17-4-5-18(10-15)21-17;/h6-8,14-15,17-18,21H,4-5,9-11H2,1-3H3,(H,20,22);1H. The average molecular weight is 337 g/mol. The number of aryl methyl sites for hydroxylation is 2. The molecule has 3 rings (SSSR count). The topological polar surface area (TPSA) is 41.1 Å². The fourth-order valence-electron chi connectivity index (χ4n) is 4.25. The van der Waals surface area contributed by atoms with Gasteiger partial charge in [-0.1, -0.05) is 29.3 Å². The van der Waals surface area contributed by atoms with E-state index in [-0.39, 0.29) is 24.4 Å². The Hall–Kier alpha value is -1.06. The Bertz CT molecular complexity index is 528. The van der Waals surface area contributed by atoms with Gasteiger partial charge in [-0.05, 0) is 57.9 Å². The molecule has 2 heterocycles. The molecule has 2 bridgehead atoms. The zero-order valence-corrected chi connectivity index (χ0v) is 15.2. The summed E-state index contributed by atoms with van der Waals surface area (Å²) in [4.78, 5) is 12.4. The molecule has 3 nitrogen and oxygen atoms in total. The van der Waals surface area contributed by atoms with Crippen LogP contribution in [0, 0.1) is 19.8 Å². The molecule has 4 heteroatoms. The van der Waals surface area contributed by atoms with Crippen LogP contribution in [-0.4, -0.2) is 18.0 Å². The lowest BCUT2D eigenvalue weighted by molar-refractivity contribution is -0.122. The molecule has 2 N–H and O–H groups in total. The molecule has 3 unspecified atom stereocenters. The highest BCUT2D eigenvalue weighted by Gasteiger charge is 2.34. The minimum absolute atomic E-state index is 0. The second-order valence-electron chi connectivity index (χ2n) is 7.39. The third kappa shape index (κ3) is 4.71. The fraction of sp³-hybridized carbons (Fsp3) is 0.632. The molecular formula is C19H29ClN2O. The highest BCUT2D eigenvalue weighted by Crippen LogP contribution is 2.32. The SMILES string of the molecule is Cc1cc(C)cc(C(C)NC(=O)CC2CC3CCC(C2)N3)c1.Cl. The molecule has 0 aliphatic carbocycles. The predicted octanol–water partition coefficient (Wildman–Crippen LogP) is 3.82. The van der Waals surface area contributed by atoms with E-state index in [9.17, 15) is 4.79 Å². The molecule has 0 radical (unpaired) electrons. The van der Waals surface area contributed by atoms with Crippen LogP contribution in [0.5, 0.6) is 0 Å². The molecule has 0 saturated carbocycles. The van der Waals surface area contributed by atoms with E-state index in [2.05, 4.69) is 49.6 Å². The van der Waals surface area contributed by atoms with Gasteiger partial charge >= 0.3 is 0 Å². The van der Waals surface area contributed by atoms with Crippen molar-refractivity contribution in [3.8, 4) is 0 Å². The molecule has 1 aromatic rings. The number of halogens is 1. The van der Waals surface area contributed by atoms with Crippen molar-refractivity contribution in [2.24, 2.45) is 5.92 Å². The van der Waals surface area contributed by atoms with Crippen molar-refractivity contribution in [3.05, 3.63) is 34.9 Å². The van der Waals surface area contributed by atoms with Gasteiger partial charge in [-0.3, -0.25) is 4.79 Å². The van der Waals surface area contributed by atoms with Crippen LogP contribution in [0.2, 0.25) is 0 Å². The summed E-state index contributed by atoms with van der Waals surface area (Å²) in [6.07, 6.45) is 5.61. The number of rotatable bonds is 4. The quantitative estimate of drug-likeness (QED) is 0.877. The zero-order chi connectivity index (χ0) is 15.7. The minimum atomic E-state index is 0. The van der Waals surface area contributed by atoms with Crippen LogP contribution in [0.1, 0.15) is 61.8 Å². The number of carbonyl (C=O) groups is 1. The van der Waals surface area contributed by atoms with E-state index < -0.39 is 0 Å². The number of piperidine rings is 1. The normalized spacial score (nSPS) is 27.2. The van der Waals surface area contributed by atoms with Crippen LogP contribution in [-0.2, 0) is 4.79 Å². The molecule has 0 spiro atoms. The van der Waals surface area contributed by atoms with E-state index >= 15 is 0 Å². The van der Waals surface area contributed by atoms with E-state index in [0.717, 1.165) is 0 Å². The van der Waals surface area contributed by atoms with Crippen molar-refractivity contribution < 1.29 is 4.79 Å². The zero-order valence-electron chi connectivity index (χ0n) is 14.4. The summed E-state index contributed by atoms with van der Waals surface area (Å²) in [5, 5.41) is 6.83. The van der Waals surface area contributed by atoms with Crippen LogP contribution in [0.4, 0.5) is 0 Å². The third-order valence-electron chi connectivity index (χ3n) is 5.17. The van der Waals surface area contributed by atoms with Gasteiger partial charge in [-0.25, -0.2) is 0 Å². The van der Waals surface area contributed by atoms with Crippen LogP contribution < -0.4 is 10.6 Å². The third-order valence-corrected chi connectivity index (χ3v) is 5.17. The van der Waals surface area contributed by atoms with Crippen LogP contribution in [0.3, 0.4) is 0 Å². The maximum absolute atomic E-state index is 12.4. The number of fused-ring (bicyclic) bond motifs is 2. The molecule has 23 heavy (non-hydrogen) atoms. The largest absolute Gasteiger partial charge is 0.350 e. The maximum atomic E-state index is 12.4. The molecule has 2 aliphatic heterocycles. The van der Waals surface area contributed by atoms with E-state index in [1.54, 1.807) is 0 Å². The molecule has 2 saturated heterocycles. The lowest BCUT2D eigenvalue weighted by Gasteiger charge is -2.29. The number of benzene rings is 1. The Morgan fingerprint density at radius 3 is 2.30 bits per heavy atom. The number of hydrogen-bond acceptors (Lipinski definition) is 2. The second-order valence-corrected chi connectivity index (χ2v) is 7.39. The highest BCUT2D eigenvalue weighted by atomic mass is 35.5. The van der Waals surface area contributed by atoms with Gasteiger partial charge in [0.1, 0.15) is 0 Å².